The molecule has 0 radical (unpaired) electrons. The highest BCUT2D eigenvalue weighted by Crippen LogP contribution is 2.22. The van der Waals surface area contributed by atoms with Crippen molar-refractivity contribution in [2.45, 2.75) is 33.4 Å². The van der Waals surface area contributed by atoms with Crippen LogP contribution in [0.1, 0.15) is 29.3 Å². The summed E-state index contributed by atoms with van der Waals surface area (Å²) in [5.41, 5.74) is 3.61. The van der Waals surface area contributed by atoms with Crippen LogP contribution in [-0.4, -0.2) is 46.8 Å². The Morgan fingerprint density at radius 1 is 1.26 bits per heavy atom. The molecule has 0 saturated heterocycles. The molecule has 0 aliphatic rings. The molecule has 0 spiro atoms. The van der Waals surface area contributed by atoms with Gasteiger partial charge in [-0.3, -0.25) is 4.79 Å². The van der Waals surface area contributed by atoms with Crippen molar-refractivity contribution in [2.24, 2.45) is 0 Å². The van der Waals surface area contributed by atoms with Gasteiger partial charge in [0.25, 0.3) is 5.91 Å². The summed E-state index contributed by atoms with van der Waals surface area (Å²) in [6, 6.07) is 8.12. The summed E-state index contributed by atoms with van der Waals surface area (Å²) in [6.45, 7) is 5.92. The van der Waals surface area contributed by atoms with E-state index >= 15 is 0 Å². The Bertz CT molecular complexity index is 854. The average molecular weight is 390 g/mol. The van der Waals surface area contributed by atoms with Crippen LogP contribution in [0.25, 0.3) is 6.08 Å². The van der Waals surface area contributed by atoms with E-state index < -0.39 is 12.1 Å². The number of halogens is 1. The first-order chi connectivity index (χ1) is 12.7. The fourth-order valence-electron chi connectivity index (χ4n) is 2.51. The molecule has 0 saturated carbocycles. The molecule has 1 aromatic heterocycles. The number of amides is 1. The van der Waals surface area contributed by atoms with E-state index in [1.165, 1.54) is 23.5 Å². The largest absolute Gasteiger partial charge is 0.449 e. The van der Waals surface area contributed by atoms with Crippen LogP contribution in [0.15, 0.2) is 30.3 Å². The Balaban J connectivity index is 2.09. The van der Waals surface area contributed by atoms with Crippen LogP contribution in [-0.2, 0) is 20.9 Å². The van der Waals surface area contributed by atoms with Gasteiger partial charge in [0.15, 0.2) is 6.10 Å². The third-order valence-electron chi connectivity index (χ3n) is 4.03. The molecule has 1 atom stereocenters. The summed E-state index contributed by atoms with van der Waals surface area (Å²) in [6.07, 6.45) is 1.97. The van der Waals surface area contributed by atoms with E-state index in [0.29, 0.717) is 23.0 Å². The molecule has 0 aliphatic carbocycles. The number of benzene rings is 1. The van der Waals surface area contributed by atoms with Gasteiger partial charge in [-0.15, -0.1) is 0 Å². The second-order valence-corrected chi connectivity index (χ2v) is 6.94. The van der Waals surface area contributed by atoms with Gasteiger partial charge >= 0.3 is 5.97 Å². The zero-order chi connectivity index (χ0) is 20.1. The molecule has 2 rings (SSSR count). The first-order valence-electron chi connectivity index (χ1n) is 8.57. The smallest absolute Gasteiger partial charge is 0.331 e. The molecule has 2 aromatic rings. The third-order valence-corrected chi connectivity index (χ3v) is 4.43. The van der Waals surface area contributed by atoms with Crippen molar-refractivity contribution in [3.8, 4) is 0 Å². The zero-order valence-corrected chi connectivity index (χ0v) is 16.9. The molecule has 0 aliphatic heterocycles. The number of ether oxygens (including phenoxy) is 1. The van der Waals surface area contributed by atoms with E-state index in [0.717, 1.165) is 5.56 Å². The molecule has 144 valence electrons. The Kier molecular flexibility index (Phi) is 6.80. The highest BCUT2D eigenvalue weighted by atomic mass is 35.5. The van der Waals surface area contributed by atoms with Crippen molar-refractivity contribution in [3.63, 3.8) is 0 Å². The lowest BCUT2D eigenvalue weighted by Gasteiger charge is -2.16. The second-order valence-electron chi connectivity index (χ2n) is 6.58. The van der Waals surface area contributed by atoms with Crippen LogP contribution >= 0.6 is 11.6 Å². The minimum atomic E-state index is -0.849. The van der Waals surface area contributed by atoms with Gasteiger partial charge < -0.3 is 9.64 Å². The van der Waals surface area contributed by atoms with Gasteiger partial charge in [0.1, 0.15) is 5.15 Å². The highest BCUT2D eigenvalue weighted by molar-refractivity contribution is 6.31. The molecule has 0 bridgehead atoms. The zero-order valence-electron chi connectivity index (χ0n) is 16.2. The van der Waals surface area contributed by atoms with Gasteiger partial charge in [0.05, 0.1) is 12.2 Å². The average Bonchev–Trinajstić information content (AvgIpc) is 2.87. The van der Waals surface area contributed by atoms with Crippen molar-refractivity contribution < 1.29 is 14.3 Å². The van der Waals surface area contributed by atoms with Crippen LogP contribution in [0, 0.1) is 13.8 Å². The van der Waals surface area contributed by atoms with E-state index in [1.54, 1.807) is 24.9 Å². The molecular weight excluding hydrogens is 366 g/mol. The van der Waals surface area contributed by atoms with Crippen molar-refractivity contribution >= 4 is 29.6 Å². The van der Waals surface area contributed by atoms with Crippen molar-refractivity contribution in [1.82, 2.24) is 14.7 Å². The van der Waals surface area contributed by atoms with Crippen LogP contribution in [0.4, 0.5) is 0 Å². The minimum Gasteiger partial charge on any atom is -0.449 e. The molecule has 0 fully saturated rings. The normalized spacial score (nSPS) is 12.2. The van der Waals surface area contributed by atoms with Crippen molar-refractivity contribution in [2.75, 3.05) is 14.1 Å². The van der Waals surface area contributed by atoms with E-state index in [4.69, 9.17) is 16.3 Å². The third kappa shape index (κ3) is 5.44. The van der Waals surface area contributed by atoms with Crippen LogP contribution in [0.3, 0.4) is 0 Å². The molecule has 0 N–H and O–H groups in total. The first-order valence-corrected chi connectivity index (χ1v) is 8.95. The summed E-state index contributed by atoms with van der Waals surface area (Å²) < 4.78 is 6.79. The lowest BCUT2D eigenvalue weighted by Crippen LogP contribution is -2.34. The maximum atomic E-state index is 12.0. The Labute approximate surface area is 164 Å². The van der Waals surface area contributed by atoms with Gasteiger partial charge in [-0.05, 0) is 32.4 Å². The fourth-order valence-corrected chi connectivity index (χ4v) is 2.80. The summed E-state index contributed by atoms with van der Waals surface area (Å²) in [5.74, 6) is -0.892. The lowest BCUT2D eigenvalue weighted by atomic mass is 10.1. The number of hydrogen-bond acceptors (Lipinski definition) is 4. The number of likely N-dealkylation sites (N-methyl/N-ethyl adjacent to an activating group) is 1. The molecule has 27 heavy (non-hydrogen) atoms. The fraction of sp³-hybridized carbons (Fsp3) is 0.350. The topological polar surface area (TPSA) is 64.4 Å². The predicted octanol–water partition coefficient (Wildman–Crippen LogP) is 3.23. The van der Waals surface area contributed by atoms with E-state index in [1.807, 2.05) is 38.1 Å². The van der Waals surface area contributed by atoms with Crippen LogP contribution in [0.5, 0.6) is 0 Å². The number of carbonyl (C=O) groups excluding carboxylic acids is 2. The summed E-state index contributed by atoms with van der Waals surface area (Å²) in [5, 5.41) is 4.88. The number of hydrogen-bond donors (Lipinski definition) is 0. The van der Waals surface area contributed by atoms with Crippen LogP contribution < -0.4 is 0 Å². The lowest BCUT2D eigenvalue weighted by molar-refractivity contribution is -0.153. The molecule has 1 heterocycles. The Morgan fingerprint density at radius 3 is 2.48 bits per heavy atom. The summed E-state index contributed by atoms with van der Waals surface area (Å²) in [7, 11) is 3.21. The predicted molar refractivity (Wildman–Crippen MR) is 106 cm³/mol. The SMILES string of the molecule is Cc1ccc(Cn2nc(C)c(/C=C/C(=O)O[C@@H](C)C(=O)N(C)C)c2Cl)cc1. The first kappa shape index (κ1) is 20.7. The van der Waals surface area contributed by atoms with Crippen LogP contribution in [0.2, 0.25) is 5.15 Å². The Hall–Kier alpha value is -2.60. The molecule has 0 unspecified atom stereocenters. The van der Waals surface area contributed by atoms with Crippen molar-refractivity contribution in [3.05, 3.63) is 57.9 Å². The van der Waals surface area contributed by atoms with E-state index in [2.05, 4.69) is 5.10 Å². The molecule has 7 heteroatoms. The molecule has 1 aromatic carbocycles. The van der Waals surface area contributed by atoms with Gasteiger partial charge in [-0.25, -0.2) is 9.48 Å². The number of esters is 1. The number of aryl methyl sites for hydroxylation is 2. The number of nitrogens with zero attached hydrogens (tertiary/aromatic N) is 3. The molecule has 1 amide bonds. The minimum absolute atomic E-state index is 0.281. The van der Waals surface area contributed by atoms with Gasteiger partial charge in [0.2, 0.25) is 0 Å². The van der Waals surface area contributed by atoms with Gasteiger partial charge in [-0.1, -0.05) is 41.4 Å². The maximum Gasteiger partial charge on any atom is 0.331 e. The van der Waals surface area contributed by atoms with E-state index in [9.17, 15) is 9.59 Å². The number of aromatic nitrogens is 2. The molecule has 6 nitrogen and oxygen atoms in total. The Morgan fingerprint density at radius 2 is 1.89 bits per heavy atom. The van der Waals surface area contributed by atoms with Gasteiger partial charge in [0, 0.05) is 25.7 Å². The quantitative estimate of drug-likeness (QED) is 0.562. The van der Waals surface area contributed by atoms with E-state index in [-0.39, 0.29) is 5.91 Å². The second kappa shape index (κ2) is 8.86. The number of carbonyl (C=O) groups is 2. The summed E-state index contributed by atoms with van der Waals surface area (Å²) >= 11 is 6.43. The highest BCUT2D eigenvalue weighted by Gasteiger charge is 2.18. The summed E-state index contributed by atoms with van der Waals surface area (Å²) in [4.78, 5) is 25.1. The standard InChI is InChI=1S/C20H24ClN3O3/c1-13-6-8-16(9-7-13)12-24-19(21)17(14(2)22-24)10-11-18(25)27-15(3)20(26)23(4)5/h6-11,15H,12H2,1-5H3/b11-10+/t15-/m0/s1. The molecular formula is C20H24ClN3O3. The monoisotopic (exact) mass is 389 g/mol. The maximum absolute atomic E-state index is 12.0. The number of rotatable bonds is 6. The van der Waals surface area contributed by atoms with Gasteiger partial charge in [-0.2, -0.15) is 5.10 Å². The van der Waals surface area contributed by atoms with Crippen molar-refractivity contribution in [1.29, 1.82) is 0 Å².